The number of hydrogen-bond acceptors (Lipinski definition) is 1. The molecule has 0 radical (unpaired) electrons. The Hall–Kier alpha value is -1.33. The molecule has 0 saturated carbocycles. The first kappa shape index (κ1) is 15.1. The van der Waals surface area contributed by atoms with Crippen molar-refractivity contribution in [2.75, 3.05) is 7.05 Å². The van der Waals surface area contributed by atoms with Crippen LogP contribution in [0.3, 0.4) is 0 Å². The second-order valence-corrected chi connectivity index (χ2v) is 5.37. The molecule has 0 aromatic heterocycles. The SMILES string of the molecule is CNC(c1ccc(C)c(Br)c1)c1c(F)cc(F)cc1F. The Morgan fingerprint density at radius 1 is 1.05 bits per heavy atom. The standard InChI is InChI=1S/C15H13BrF3N/c1-8-3-4-9(5-11(8)16)15(20-2)14-12(18)6-10(17)7-13(14)19/h3-7,15,20H,1-2H3. The quantitative estimate of drug-likeness (QED) is 0.866. The van der Waals surface area contributed by atoms with Crippen LogP contribution in [0.4, 0.5) is 13.2 Å². The lowest BCUT2D eigenvalue weighted by Crippen LogP contribution is -2.20. The van der Waals surface area contributed by atoms with Crippen molar-refractivity contribution in [3.63, 3.8) is 0 Å². The van der Waals surface area contributed by atoms with Gasteiger partial charge in [0.1, 0.15) is 17.5 Å². The Balaban J connectivity index is 2.55. The van der Waals surface area contributed by atoms with Crippen LogP contribution >= 0.6 is 15.9 Å². The average molecular weight is 344 g/mol. The fourth-order valence-corrected chi connectivity index (χ4v) is 2.49. The fraction of sp³-hybridized carbons (Fsp3) is 0.200. The number of hydrogen-bond donors (Lipinski definition) is 1. The van der Waals surface area contributed by atoms with Gasteiger partial charge in [-0.15, -0.1) is 0 Å². The minimum absolute atomic E-state index is 0.190. The van der Waals surface area contributed by atoms with Crippen molar-refractivity contribution in [1.82, 2.24) is 5.32 Å². The Labute approximate surface area is 123 Å². The Kier molecular flexibility index (Phi) is 4.50. The van der Waals surface area contributed by atoms with Gasteiger partial charge >= 0.3 is 0 Å². The van der Waals surface area contributed by atoms with Crippen molar-refractivity contribution in [2.45, 2.75) is 13.0 Å². The molecule has 2 aromatic carbocycles. The molecule has 20 heavy (non-hydrogen) atoms. The monoisotopic (exact) mass is 343 g/mol. The van der Waals surface area contributed by atoms with Crippen molar-refractivity contribution >= 4 is 15.9 Å². The van der Waals surface area contributed by atoms with Gasteiger partial charge in [0, 0.05) is 22.2 Å². The third-order valence-electron chi connectivity index (χ3n) is 3.15. The second kappa shape index (κ2) is 5.97. The summed E-state index contributed by atoms with van der Waals surface area (Å²) in [5.41, 5.74) is 1.52. The molecule has 0 aliphatic heterocycles. The molecule has 0 heterocycles. The van der Waals surface area contributed by atoms with Crippen LogP contribution in [0.15, 0.2) is 34.8 Å². The summed E-state index contributed by atoms with van der Waals surface area (Å²) in [5.74, 6) is -2.74. The zero-order valence-corrected chi connectivity index (χ0v) is 12.6. The van der Waals surface area contributed by atoms with E-state index in [0.29, 0.717) is 17.7 Å². The summed E-state index contributed by atoms with van der Waals surface area (Å²) in [6.07, 6.45) is 0. The molecule has 0 bridgehead atoms. The molecule has 1 unspecified atom stereocenters. The molecule has 1 nitrogen and oxygen atoms in total. The Morgan fingerprint density at radius 3 is 2.15 bits per heavy atom. The van der Waals surface area contributed by atoms with E-state index in [1.54, 1.807) is 19.2 Å². The molecule has 0 aliphatic rings. The van der Waals surface area contributed by atoms with Crippen LogP contribution in [0.2, 0.25) is 0 Å². The van der Waals surface area contributed by atoms with Crippen molar-refractivity contribution in [2.24, 2.45) is 0 Å². The molecule has 1 N–H and O–H groups in total. The first-order chi connectivity index (χ1) is 9.43. The van der Waals surface area contributed by atoms with Gasteiger partial charge in [0.2, 0.25) is 0 Å². The van der Waals surface area contributed by atoms with Crippen molar-refractivity contribution in [3.8, 4) is 0 Å². The van der Waals surface area contributed by atoms with Crippen LogP contribution < -0.4 is 5.32 Å². The summed E-state index contributed by atoms with van der Waals surface area (Å²) in [6, 6.07) is 6.11. The highest BCUT2D eigenvalue weighted by atomic mass is 79.9. The van der Waals surface area contributed by atoms with Crippen LogP contribution in [0.5, 0.6) is 0 Å². The molecule has 0 amide bonds. The number of benzene rings is 2. The van der Waals surface area contributed by atoms with Gasteiger partial charge in [0.25, 0.3) is 0 Å². The maximum Gasteiger partial charge on any atom is 0.134 e. The molecule has 2 rings (SSSR count). The minimum Gasteiger partial charge on any atom is -0.309 e. The third-order valence-corrected chi connectivity index (χ3v) is 4.00. The van der Waals surface area contributed by atoms with Crippen molar-refractivity contribution < 1.29 is 13.2 Å². The van der Waals surface area contributed by atoms with E-state index in [2.05, 4.69) is 21.2 Å². The van der Waals surface area contributed by atoms with E-state index in [0.717, 1.165) is 10.0 Å². The number of rotatable bonds is 3. The lowest BCUT2D eigenvalue weighted by atomic mass is 9.97. The van der Waals surface area contributed by atoms with E-state index in [-0.39, 0.29) is 5.56 Å². The zero-order chi connectivity index (χ0) is 14.9. The van der Waals surface area contributed by atoms with Gasteiger partial charge in [-0.25, -0.2) is 13.2 Å². The van der Waals surface area contributed by atoms with Crippen molar-refractivity contribution in [1.29, 1.82) is 0 Å². The fourth-order valence-electron chi connectivity index (χ4n) is 2.10. The van der Waals surface area contributed by atoms with Gasteiger partial charge < -0.3 is 5.32 Å². The summed E-state index contributed by atoms with van der Waals surface area (Å²) < 4.78 is 41.6. The predicted molar refractivity (Wildman–Crippen MR) is 76.1 cm³/mol. The van der Waals surface area contributed by atoms with Gasteiger partial charge in [-0.1, -0.05) is 28.1 Å². The maximum absolute atomic E-state index is 13.9. The van der Waals surface area contributed by atoms with Crippen LogP contribution in [0, 0.1) is 24.4 Å². The molecule has 0 spiro atoms. The van der Waals surface area contributed by atoms with E-state index in [4.69, 9.17) is 0 Å². The topological polar surface area (TPSA) is 12.0 Å². The summed E-state index contributed by atoms with van der Waals surface area (Å²) >= 11 is 3.39. The normalized spacial score (nSPS) is 12.5. The van der Waals surface area contributed by atoms with Crippen LogP contribution in [0.1, 0.15) is 22.7 Å². The highest BCUT2D eigenvalue weighted by Crippen LogP contribution is 2.30. The largest absolute Gasteiger partial charge is 0.309 e. The van der Waals surface area contributed by atoms with Crippen molar-refractivity contribution in [3.05, 3.63) is 68.9 Å². The number of halogens is 4. The van der Waals surface area contributed by atoms with Gasteiger partial charge in [-0.05, 0) is 31.2 Å². The Bertz CT molecular complexity index is 620. The van der Waals surface area contributed by atoms with Crippen LogP contribution in [-0.2, 0) is 0 Å². The minimum atomic E-state index is -0.927. The van der Waals surface area contributed by atoms with Gasteiger partial charge in [0.05, 0.1) is 6.04 Å². The molecule has 5 heteroatoms. The summed E-state index contributed by atoms with van der Waals surface area (Å²) in [6.45, 7) is 1.92. The van der Waals surface area contributed by atoms with E-state index < -0.39 is 23.5 Å². The molecule has 2 aromatic rings. The highest BCUT2D eigenvalue weighted by molar-refractivity contribution is 9.10. The summed E-state index contributed by atoms with van der Waals surface area (Å²) in [4.78, 5) is 0. The maximum atomic E-state index is 13.9. The first-order valence-electron chi connectivity index (χ1n) is 6.01. The van der Waals surface area contributed by atoms with Gasteiger partial charge in [-0.2, -0.15) is 0 Å². The molecule has 1 atom stereocenters. The lowest BCUT2D eigenvalue weighted by molar-refractivity contribution is 0.500. The zero-order valence-electron chi connectivity index (χ0n) is 11.0. The molecule has 0 fully saturated rings. The average Bonchev–Trinajstić information content (AvgIpc) is 2.37. The van der Waals surface area contributed by atoms with Gasteiger partial charge in [0.15, 0.2) is 0 Å². The molecular formula is C15H13BrF3N. The summed E-state index contributed by atoms with van der Waals surface area (Å²) in [5, 5.41) is 2.86. The van der Waals surface area contributed by atoms with E-state index in [1.807, 2.05) is 13.0 Å². The number of aryl methyl sites for hydroxylation is 1. The molecular weight excluding hydrogens is 331 g/mol. The van der Waals surface area contributed by atoms with Gasteiger partial charge in [-0.3, -0.25) is 0 Å². The molecule has 0 aliphatic carbocycles. The highest BCUT2D eigenvalue weighted by Gasteiger charge is 2.22. The van der Waals surface area contributed by atoms with E-state index >= 15 is 0 Å². The molecule has 106 valence electrons. The predicted octanol–water partition coefficient (Wildman–Crippen LogP) is 4.48. The Morgan fingerprint density at radius 2 is 1.65 bits per heavy atom. The lowest BCUT2D eigenvalue weighted by Gasteiger charge is -2.19. The van der Waals surface area contributed by atoms with Crippen LogP contribution in [0.25, 0.3) is 0 Å². The number of nitrogens with one attached hydrogen (secondary N) is 1. The molecule has 0 saturated heterocycles. The second-order valence-electron chi connectivity index (χ2n) is 4.51. The third kappa shape index (κ3) is 2.88. The smallest absolute Gasteiger partial charge is 0.134 e. The van der Waals surface area contributed by atoms with E-state index in [9.17, 15) is 13.2 Å². The van der Waals surface area contributed by atoms with E-state index in [1.165, 1.54) is 0 Å². The van der Waals surface area contributed by atoms with Crippen LogP contribution in [-0.4, -0.2) is 7.05 Å². The summed E-state index contributed by atoms with van der Waals surface area (Å²) in [7, 11) is 1.60. The first-order valence-corrected chi connectivity index (χ1v) is 6.81.